The molecule has 38 heavy (non-hydrogen) atoms. The summed E-state index contributed by atoms with van der Waals surface area (Å²) in [5, 5.41) is 5.16. The fourth-order valence-electron chi connectivity index (χ4n) is 5.64. The molecule has 0 spiro atoms. The van der Waals surface area contributed by atoms with Gasteiger partial charge in [-0.2, -0.15) is 0 Å². The fourth-order valence-corrected chi connectivity index (χ4v) is 5.64. The first-order valence-electron chi connectivity index (χ1n) is 13.5. The lowest BCUT2D eigenvalue weighted by Crippen LogP contribution is -2.49. The van der Waals surface area contributed by atoms with Crippen LogP contribution in [0, 0.1) is 0 Å². The van der Waals surface area contributed by atoms with Gasteiger partial charge in [0.15, 0.2) is 0 Å². The molecule has 1 fully saturated rings. The zero-order valence-electron chi connectivity index (χ0n) is 22.1. The van der Waals surface area contributed by atoms with Crippen molar-refractivity contribution in [2.24, 2.45) is 0 Å². The van der Waals surface area contributed by atoms with Crippen molar-refractivity contribution >= 4 is 34.2 Å². The van der Waals surface area contributed by atoms with Crippen molar-refractivity contribution in [1.82, 2.24) is 10.2 Å². The molecule has 7 heteroatoms. The normalized spacial score (nSPS) is 15.6. The molecule has 3 amide bonds. The van der Waals surface area contributed by atoms with Crippen LogP contribution in [0.2, 0.25) is 0 Å². The number of carbonyl (C=O) groups excluding carboxylic acids is 3. The maximum Gasteiger partial charge on any atom is 0.258 e. The average molecular weight is 514 g/mol. The van der Waals surface area contributed by atoms with E-state index in [-0.39, 0.29) is 30.2 Å². The highest BCUT2D eigenvalue weighted by molar-refractivity contribution is 6.25. The van der Waals surface area contributed by atoms with E-state index < -0.39 is 6.04 Å². The maximum atomic E-state index is 13.5. The van der Waals surface area contributed by atoms with Gasteiger partial charge in [0.25, 0.3) is 5.91 Å². The quantitative estimate of drug-likeness (QED) is 0.411. The molecule has 1 atom stereocenters. The smallest absolute Gasteiger partial charge is 0.258 e. The number of rotatable bonds is 10. The minimum Gasteiger partial charge on any atom is -0.497 e. The lowest BCUT2D eigenvalue weighted by molar-refractivity contribution is -0.141. The summed E-state index contributed by atoms with van der Waals surface area (Å²) >= 11 is 0. The van der Waals surface area contributed by atoms with Gasteiger partial charge in [-0.1, -0.05) is 49.2 Å². The molecule has 1 aliphatic carbocycles. The van der Waals surface area contributed by atoms with E-state index in [4.69, 9.17) is 4.74 Å². The Bertz CT molecular complexity index is 1330. The second-order valence-electron chi connectivity index (χ2n) is 10.3. The Hall–Kier alpha value is -3.87. The maximum absolute atomic E-state index is 13.5. The summed E-state index contributed by atoms with van der Waals surface area (Å²) in [6.45, 7) is 2.57. The van der Waals surface area contributed by atoms with Gasteiger partial charge in [0.1, 0.15) is 11.8 Å². The van der Waals surface area contributed by atoms with Crippen molar-refractivity contribution in [2.45, 2.75) is 64.1 Å². The van der Waals surface area contributed by atoms with Crippen LogP contribution in [-0.2, 0) is 16.1 Å². The molecule has 0 bridgehead atoms. The van der Waals surface area contributed by atoms with Gasteiger partial charge in [-0.25, -0.2) is 0 Å². The number of nitrogens with zero attached hydrogens (tertiary/aromatic N) is 2. The van der Waals surface area contributed by atoms with E-state index in [1.54, 1.807) is 23.8 Å². The summed E-state index contributed by atoms with van der Waals surface area (Å²) in [6.07, 6.45) is 4.98. The highest BCUT2D eigenvalue weighted by atomic mass is 16.5. The number of ether oxygens (including phenoxy) is 1. The Morgan fingerprint density at radius 1 is 1.05 bits per heavy atom. The summed E-state index contributed by atoms with van der Waals surface area (Å²) in [5.74, 6) is 0.501. The van der Waals surface area contributed by atoms with E-state index in [2.05, 4.69) is 5.32 Å². The third-order valence-corrected chi connectivity index (χ3v) is 7.80. The molecular weight excluding hydrogens is 478 g/mol. The second kappa shape index (κ2) is 11.3. The number of nitrogens with one attached hydrogen (secondary N) is 1. The van der Waals surface area contributed by atoms with Gasteiger partial charge in [-0.3, -0.25) is 14.4 Å². The van der Waals surface area contributed by atoms with Gasteiger partial charge < -0.3 is 19.9 Å². The van der Waals surface area contributed by atoms with E-state index in [0.717, 1.165) is 53.5 Å². The molecule has 198 valence electrons. The number of carbonyl (C=O) groups is 3. The van der Waals surface area contributed by atoms with Crippen LogP contribution < -0.4 is 15.0 Å². The summed E-state index contributed by atoms with van der Waals surface area (Å²) in [7, 11) is 1.62. The highest BCUT2D eigenvalue weighted by Gasteiger charge is 2.31. The molecule has 1 saturated carbocycles. The largest absolute Gasteiger partial charge is 0.497 e. The minimum absolute atomic E-state index is 0.0244. The first-order valence-corrected chi connectivity index (χ1v) is 13.5. The summed E-state index contributed by atoms with van der Waals surface area (Å²) in [6, 6.07) is 18.9. The van der Waals surface area contributed by atoms with E-state index in [1.165, 1.54) is 0 Å². The number of benzene rings is 3. The standard InChI is InChI=1S/C31H35N3O4/c1-21(30(36)32-24-10-3-4-11-24)34(20-22-15-17-25(38-2)18-16-22)28(35)14-7-19-33-27-13-6-9-23-8-5-12-26(29(23)27)31(33)37/h5-6,8-9,12-13,15-18,21,24H,3-4,7,10-11,14,19-20H2,1-2H3,(H,32,36). The molecule has 0 radical (unpaired) electrons. The molecule has 2 aliphatic rings. The molecule has 0 saturated heterocycles. The topological polar surface area (TPSA) is 79.0 Å². The van der Waals surface area contributed by atoms with Crippen molar-refractivity contribution in [3.8, 4) is 5.75 Å². The molecule has 1 unspecified atom stereocenters. The molecule has 5 rings (SSSR count). The van der Waals surface area contributed by atoms with Crippen LogP contribution in [-0.4, -0.2) is 48.4 Å². The van der Waals surface area contributed by atoms with E-state index in [9.17, 15) is 14.4 Å². The van der Waals surface area contributed by atoms with Gasteiger partial charge in [-0.15, -0.1) is 0 Å². The van der Waals surface area contributed by atoms with Crippen LogP contribution in [0.5, 0.6) is 5.75 Å². The van der Waals surface area contributed by atoms with Gasteiger partial charge in [0.2, 0.25) is 11.8 Å². The number of hydrogen-bond acceptors (Lipinski definition) is 4. The zero-order valence-corrected chi connectivity index (χ0v) is 22.1. The molecule has 3 aromatic carbocycles. The predicted octanol–water partition coefficient (Wildman–Crippen LogP) is 5.06. The van der Waals surface area contributed by atoms with Crippen LogP contribution in [0.15, 0.2) is 60.7 Å². The number of amides is 3. The number of anilines is 1. The molecule has 1 heterocycles. The van der Waals surface area contributed by atoms with E-state index in [1.807, 2.05) is 60.7 Å². The summed E-state index contributed by atoms with van der Waals surface area (Å²) < 4.78 is 5.26. The molecule has 0 aromatic heterocycles. The lowest BCUT2D eigenvalue weighted by atomic mass is 10.1. The van der Waals surface area contributed by atoms with Crippen molar-refractivity contribution in [1.29, 1.82) is 0 Å². The average Bonchev–Trinajstić information content (AvgIpc) is 3.55. The van der Waals surface area contributed by atoms with Gasteiger partial charge in [0, 0.05) is 36.5 Å². The Balaban J connectivity index is 1.27. The highest BCUT2D eigenvalue weighted by Crippen LogP contribution is 2.37. The SMILES string of the molecule is COc1ccc(CN(C(=O)CCCN2C(=O)c3cccc4cccc2c34)C(C)C(=O)NC2CCCC2)cc1. The minimum atomic E-state index is -0.600. The Morgan fingerprint density at radius 3 is 2.47 bits per heavy atom. The molecular formula is C31H35N3O4. The van der Waals surface area contributed by atoms with Crippen molar-refractivity contribution in [3.63, 3.8) is 0 Å². The van der Waals surface area contributed by atoms with Gasteiger partial charge in [0.05, 0.1) is 12.8 Å². The lowest BCUT2D eigenvalue weighted by Gasteiger charge is -2.30. The van der Waals surface area contributed by atoms with Gasteiger partial charge in [-0.05, 0) is 61.4 Å². The van der Waals surface area contributed by atoms with E-state index >= 15 is 0 Å². The first kappa shape index (κ1) is 25.8. The predicted molar refractivity (Wildman–Crippen MR) is 148 cm³/mol. The molecule has 7 nitrogen and oxygen atoms in total. The summed E-state index contributed by atoms with van der Waals surface area (Å²) in [5.41, 5.74) is 2.54. The van der Waals surface area contributed by atoms with Crippen molar-refractivity contribution in [2.75, 3.05) is 18.6 Å². The van der Waals surface area contributed by atoms with Gasteiger partial charge >= 0.3 is 0 Å². The van der Waals surface area contributed by atoms with Crippen LogP contribution in [0.25, 0.3) is 10.8 Å². The zero-order chi connectivity index (χ0) is 26.6. The number of hydrogen-bond donors (Lipinski definition) is 1. The first-order chi connectivity index (χ1) is 18.5. The van der Waals surface area contributed by atoms with E-state index in [0.29, 0.717) is 25.1 Å². The van der Waals surface area contributed by atoms with Crippen molar-refractivity contribution < 1.29 is 19.1 Å². The Labute approximate surface area is 223 Å². The van der Waals surface area contributed by atoms with Crippen LogP contribution in [0.4, 0.5) is 5.69 Å². The molecule has 1 N–H and O–H groups in total. The summed E-state index contributed by atoms with van der Waals surface area (Å²) in [4.78, 5) is 43.2. The number of methoxy groups -OCH3 is 1. The second-order valence-corrected chi connectivity index (χ2v) is 10.3. The van der Waals surface area contributed by atoms with Crippen LogP contribution in [0.3, 0.4) is 0 Å². The molecule has 1 aliphatic heterocycles. The van der Waals surface area contributed by atoms with Crippen LogP contribution in [0.1, 0.15) is 61.4 Å². The monoisotopic (exact) mass is 513 g/mol. The third kappa shape index (κ3) is 5.23. The third-order valence-electron chi connectivity index (χ3n) is 7.80. The van der Waals surface area contributed by atoms with Crippen LogP contribution >= 0.6 is 0 Å². The molecule has 3 aromatic rings. The van der Waals surface area contributed by atoms with Crippen molar-refractivity contribution in [3.05, 3.63) is 71.8 Å². The Kier molecular flexibility index (Phi) is 7.63. The fraction of sp³-hybridized carbons (Fsp3) is 0.387. The Morgan fingerprint density at radius 2 is 1.76 bits per heavy atom.